The third kappa shape index (κ3) is 4.05. The predicted molar refractivity (Wildman–Crippen MR) is 136 cm³/mol. The molecule has 1 aliphatic carbocycles. The molecule has 0 spiro atoms. The fourth-order valence-corrected chi connectivity index (χ4v) is 5.88. The van der Waals surface area contributed by atoms with Crippen LogP contribution >= 0.6 is 0 Å². The number of hydrogen-bond donors (Lipinski definition) is 1. The monoisotopic (exact) mass is 494 g/mol. The largest absolute Gasteiger partial charge is 0.496 e. The Morgan fingerprint density at radius 1 is 1.03 bits per heavy atom. The Balaban J connectivity index is 1.37. The predicted octanol–water partition coefficient (Wildman–Crippen LogP) is 5.08. The Labute approximate surface area is 209 Å². The topological polar surface area (TPSA) is 61.7 Å². The molecule has 6 nitrogen and oxygen atoms in total. The molecule has 1 aromatic heterocycles. The van der Waals surface area contributed by atoms with Gasteiger partial charge in [0.25, 0.3) is 0 Å². The second-order valence-electron chi connectivity index (χ2n) is 10.4. The van der Waals surface area contributed by atoms with Crippen molar-refractivity contribution >= 4 is 22.4 Å². The summed E-state index contributed by atoms with van der Waals surface area (Å²) in [4.78, 5) is 13.3. The van der Waals surface area contributed by atoms with Crippen LogP contribution in [0.25, 0.3) is 10.9 Å². The zero-order valence-electron chi connectivity index (χ0n) is 20.6. The zero-order valence-corrected chi connectivity index (χ0v) is 20.6. The van der Waals surface area contributed by atoms with Crippen molar-refractivity contribution in [3.05, 3.63) is 53.6 Å². The Morgan fingerprint density at radius 3 is 2.44 bits per heavy atom. The Hall–Kier alpha value is -3.00. The number of aliphatic hydroxyl groups is 1. The highest BCUT2D eigenvalue weighted by molar-refractivity contribution is 5.93. The van der Waals surface area contributed by atoms with Gasteiger partial charge < -0.3 is 19.6 Å². The number of aliphatic hydroxyl groups excluding tert-OH is 1. The number of anilines is 2. The maximum absolute atomic E-state index is 15.5. The Morgan fingerprint density at radius 2 is 1.78 bits per heavy atom. The number of para-hydroxylation sites is 1. The number of aromatic nitrogens is 2. The van der Waals surface area contributed by atoms with Gasteiger partial charge in [-0.2, -0.15) is 0 Å². The number of benzene rings is 2. The SMILES string of the molecule is COc1ccccc1C1CCN(c2nc(C3(F)CCC3)nc3c(F)cc(N4CC[C@@H](O)C4)cc23)CC1. The van der Waals surface area contributed by atoms with Gasteiger partial charge in [-0.05, 0) is 68.2 Å². The molecule has 0 radical (unpaired) electrons. The summed E-state index contributed by atoms with van der Waals surface area (Å²) in [6.07, 6.45) is 3.56. The van der Waals surface area contributed by atoms with Crippen molar-refractivity contribution in [2.75, 3.05) is 43.1 Å². The van der Waals surface area contributed by atoms with Crippen molar-refractivity contribution in [3.8, 4) is 5.75 Å². The van der Waals surface area contributed by atoms with E-state index >= 15 is 8.78 Å². The molecule has 3 fully saturated rings. The van der Waals surface area contributed by atoms with Crippen LogP contribution in [0.4, 0.5) is 20.3 Å². The zero-order chi connectivity index (χ0) is 24.9. The van der Waals surface area contributed by atoms with Crippen LogP contribution in [0.5, 0.6) is 5.75 Å². The minimum Gasteiger partial charge on any atom is -0.496 e. The van der Waals surface area contributed by atoms with Crippen LogP contribution in [0.15, 0.2) is 36.4 Å². The fraction of sp³-hybridized carbons (Fsp3) is 0.500. The van der Waals surface area contributed by atoms with Gasteiger partial charge in [0.05, 0.1) is 13.2 Å². The number of methoxy groups -OCH3 is 1. The second kappa shape index (κ2) is 9.14. The van der Waals surface area contributed by atoms with E-state index in [1.54, 1.807) is 7.11 Å². The van der Waals surface area contributed by atoms with Crippen LogP contribution in [-0.4, -0.2) is 54.5 Å². The number of hydrogen-bond acceptors (Lipinski definition) is 6. The van der Waals surface area contributed by atoms with Gasteiger partial charge in [-0.3, -0.25) is 0 Å². The molecule has 1 N–H and O–H groups in total. The van der Waals surface area contributed by atoms with E-state index in [0.717, 1.165) is 38.1 Å². The normalized spacial score (nSPS) is 22.2. The van der Waals surface area contributed by atoms with E-state index < -0.39 is 17.6 Å². The molecular formula is C28H32F2N4O2. The van der Waals surface area contributed by atoms with E-state index in [9.17, 15) is 5.11 Å². The van der Waals surface area contributed by atoms with Crippen LogP contribution in [0.3, 0.4) is 0 Å². The summed E-state index contributed by atoms with van der Waals surface area (Å²) in [5, 5.41) is 10.6. The van der Waals surface area contributed by atoms with E-state index in [1.165, 1.54) is 11.6 Å². The summed E-state index contributed by atoms with van der Waals surface area (Å²) in [6.45, 7) is 2.58. The Bertz CT molecular complexity index is 1270. The molecule has 3 heterocycles. The lowest BCUT2D eigenvalue weighted by Crippen LogP contribution is -2.36. The lowest BCUT2D eigenvalue weighted by Gasteiger charge is -2.36. The molecule has 2 saturated heterocycles. The molecule has 3 aliphatic rings. The average molecular weight is 495 g/mol. The summed E-state index contributed by atoms with van der Waals surface area (Å²) in [6, 6.07) is 11.5. The number of rotatable bonds is 5. The third-order valence-electron chi connectivity index (χ3n) is 8.17. The maximum Gasteiger partial charge on any atom is 0.170 e. The molecular weight excluding hydrogens is 462 g/mol. The molecule has 6 rings (SSSR count). The van der Waals surface area contributed by atoms with Crippen molar-refractivity contribution in [3.63, 3.8) is 0 Å². The average Bonchev–Trinajstić information content (AvgIpc) is 3.33. The molecule has 2 aliphatic heterocycles. The van der Waals surface area contributed by atoms with Crippen LogP contribution < -0.4 is 14.5 Å². The highest BCUT2D eigenvalue weighted by atomic mass is 19.1. The molecule has 0 bridgehead atoms. The number of β-amino-alcohol motifs (C(OH)–C–C–N with tert-alkyl or cyclic N) is 1. The molecule has 0 amide bonds. The first-order valence-electron chi connectivity index (χ1n) is 13.0. The standard InChI is InChI=1S/C28H32F2N4O2/c1-36-24-6-3-2-5-21(24)18-7-12-33(13-8-18)26-22-15-19(34-14-9-20(35)17-34)16-23(29)25(22)31-27(32-26)28(30)10-4-11-28/h2-3,5-6,15-16,18,20,35H,4,7-14,17H2,1H3/t20-/m1/s1. The molecule has 3 aromatic rings. The smallest absolute Gasteiger partial charge is 0.170 e. The molecule has 2 aromatic carbocycles. The van der Waals surface area contributed by atoms with Crippen molar-refractivity contribution in [2.45, 2.75) is 56.2 Å². The number of piperidine rings is 1. The molecule has 0 unspecified atom stereocenters. The molecule has 1 atom stereocenters. The van der Waals surface area contributed by atoms with Gasteiger partial charge in [0.2, 0.25) is 0 Å². The van der Waals surface area contributed by atoms with E-state index in [4.69, 9.17) is 9.72 Å². The first-order valence-corrected chi connectivity index (χ1v) is 13.0. The summed E-state index contributed by atoms with van der Waals surface area (Å²) in [7, 11) is 1.70. The van der Waals surface area contributed by atoms with Crippen molar-refractivity contribution in [1.82, 2.24) is 9.97 Å². The summed E-state index contributed by atoms with van der Waals surface area (Å²) in [5.41, 5.74) is 0.500. The number of nitrogens with zero attached hydrogens (tertiary/aromatic N) is 4. The van der Waals surface area contributed by atoms with Crippen LogP contribution in [0.1, 0.15) is 55.8 Å². The fourth-order valence-electron chi connectivity index (χ4n) is 5.88. The van der Waals surface area contributed by atoms with Crippen LogP contribution in [0.2, 0.25) is 0 Å². The summed E-state index contributed by atoms with van der Waals surface area (Å²) < 4.78 is 36.5. The van der Waals surface area contributed by atoms with Gasteiger partial charge in [0.15, 0.2) is 17.3 Å². The summed E-state index contributed by atoms with van der Waals surface area (Å²) >= 11 is 0. The van der Waals surface area contributed by atoms with E-state index in [2.05, 4.69) is 16.0 Å². The van der Waals surface area contributed by atoms with Gasteiger partial charge in [-0.25, -0.2) is 18.7 Å². The lowest BCUT2D eigenvalue weighted by atomic mass is 9.81. The van der Waals surface area contributed by atoms with Gasteiger partial charge in [-0.15, -0.1) is 0 Å². The van der Waals surface area contributed by atoms with Gasteiger partial charge in [-0.1, -0.05) is 18.2 Å². The van der Waals surface area contributed by atoms with E-state index in [-0.39, 0.29) is 11.3 Å². The van der Waals surface area contributed by atoms with E-state index in [0.29, 0.717) is 55.2 Å². The quantitative estimate of drug-likeness (QED) is 0.534. The van der Waals surface area contributed by atoms with Crippen molar-refractivity contribution < 1.29 is 18.6 Å². The molecule has 8 heteroatoms. The van der Waals surface area contributed by atoms with Gasteiger partial charge in [0, 0.05) is 37.3 Å². The summed E-state index contributed by atoms with van der Waals surface area (Å²) in [5.74, 6) is 1.49. The van der Waals surface area contributed by atoms with Gasteiger partial charge in [0.1, 0.15) is 17.1 Å². The van der Waals surface area contributed by atoms with Crippen LogP contribution in [-0.2, 0) is 5.67 Å². The molecule has 190 valence electrons. The second-order valence-corrected chi connectivity index (χ2v) is 10.4. The first kappa shape index (κ1) is 23.4. The molecule has 36 heavy (non-hydrogen) atoms. The van der Waals surface area contributed by atoms with Crippen molar-refractivity contribution in [1.29, 1.82) is 0 Å². The minimum absolute atomic E-state index is 0.103. The minimum atomic E-state index is -1.58. The third-order valence-corrected chi connectivity index (χ3v) is 8.17. The number of fused-ring (bicyclic) bond motifs is 1. The highest BCUT2D eigenvalue weighted by Crippen LogP contribution is 2.45. The molecule has 1 saturated carbocycles. The van der Waals surface area contributed by atoms with Crippen molar-refractivity contribution in [2.24, 2.45) is 0 Å². The lowest BCUT2D eigenvalue weighted by molar-refractivity contribution is 0.0511. The van der Waals surface area contributed by atoms with Gasteiger partial charge >= 0.3 is 0 Å². The first-order chi connectivity index (χ1) is 17.4. The highest BCUT2D eigenvalue weighted by Gasteiger charge is 2.43. The number of alkyl halides is 1. The number of ether oxygens (including phenoxy) is 1. The van der Waals surface area contributed by atoms with Crippen LogP contribution in [0, 0.1) is 5.82 Å². The Kier molecular flexibility index (Phi) is 5.94. The van der Waals surface area contributed by atoms with E-state index in [1.807, 2.05) is 29.2 Å². The number of halogens is 2. The maximum atomic E-state index is 15.5.